The highest BCUT2D eigenvalue weighted by Gasteiger charge is 2.41. The van der Waals surface area contributed by atoms with Gasteiger partial charge >= 0.3 is 0 Å². The monoisotopic (exact) mass is 429 g/mol. The number of hydrogen-bond acceptors (Lipinski definition) is 9. The molecule has 2 N–H and O–H groups in total. The van der Waals surface area contributed by atoms with E-state index in [0.29, 0.717) is 28.5 Å². The number of anilines is 1. The van der Waals surface area contributed by atoms with E-state index in [1.54, 1.807) is 28.0 Å². The fourth-order valence-corrected chi connectivity index (χ4v) is 6.23. The highest BCUT2D eigenvalue weighted by Crippen LogP contribution is 2.47. The van der Waals surface area contributed by atoms with Crippen LogP contribution in [0.25, 0.3) is 0 Å². The van der Waals surface area contributed by atoms with Gasteiger partial charge in [0.2, 0.25) is 5.13 Å². The Bertz CT molecular complexity index is 999. The Balaban J connectivity index is 1.85. The highest BCUT2D eigenvalue weighted by atomic mass is 32.2. The topological polar surface area (TPSA) is 95.9 Å². The molecule has 0 saturated carbocycles. The Kier molecular flexibility index (Phi) is 5.53. The van der Waals surface area contributed by atoms with Gasteiger partial charge in [-0.3, -0.25) is 9.69 Å². The van der Waals surface area contributed by atoms with E-state index < -0.39 is 0 Å². The molecule has 2 aromatic heterocycles. The average Bonchev–Trinajstić information content (AvgIpc) is 3.38. The number of Topliss-reactive ketones (excluding diaryl/α,β-unsaturated/α-hetero) is 1. The predicted molar refractivity (Wildman–Crippen MR) is 113 cm³/mol. The molecule has 2 aliphatic rings. The minimum absolute atomic E-state index is 0.0926. The summed E-state index contributed by atoms with van der Waals surface area (Å²) in [6, 6.07) is 6.17. The molecule has 4 rings (SSSR count). The van der Waals surface area contributed by atoms with Gasteiger partial charge in [0.15, 0.2) is 10.1 Å². The van der Waals surface area contributed by atoms with Gasteiger partial charge in [-0.05, 0) is 30.7 Å². The fraction of sp³-hybridized carbons (Fsp3) is 0.368. The number of rotatable bonds is 5. The Morgan fingerprint density at radius 3 is 3.00 bits per heavy atom. The zero-order chi connectivity index (χ0) is 19.7. The molecule has 1 aliphatic heterocycles. The number of nitrogens with two attached hydrogens (primary N) is 1. The van der Waals surface area contributed by atoms with Crippen molar-refractivity contribution in [3.8, 4) is 6.07 Å². The molecule has 0 radical (unpaired) electrons. The lowest BCUT2D eigenvalue weighted by Crippen LogP contribution is -2.38. The molecule has 1 atom stereocenters. The Morgan fingerprint density at radius 2 is 2.29 bits per heavy atom. The van der Waals surface area contributed by atoms with Crippen LogP contribution in [-0.2, 0) is 4.79 Å². The number of allylic oxidation sites excluding steroid dienone is 3. The van der Waals surface area contributed by atoms with E-state index in [2.05, 4.69) is 23.2 Å². The SMILES string of the molecule is CCCSc1nnc(N2C(N)=C(C#N)C(c3cccs3)C3=C2CCCC3=O)s1. The van der Waals surface area contributed by atoms with Crippen molar-refractivity contribution in [2.45, 2.75) is 42.9 Å². The number of hydrogen-bond donors (Lipinski definition) is 1. The van der Waals surface area contributed by atoms with Crippen molar-refractivity contribution in [3.63, 3.8) is 0 Å². The Morgan fingerprint density at radius 1 is 1.43 bits per heavy atom. The van der Waals surface area contributed by atoms with Crippen LogP contribution in [0.1, 0.15) is 43.4 Å². The molecule has 3 heterocycles. The van der Waals surface area contributed by atoms with Gasteiger partial charge in [0.25, 0.3) is 0 Å². The molecule has 0 spiro atoms. The first kappa shape index (κ1) is 19.2. The standard InChI is InChI=1S/C19H19N5OS3/c1-2-8-27-19-23-22-18(28-19)24-12-5-3-6-13(25)16(12)15(11(10-20)17(24)21)14-7-4-9-26-14/h4,7,9,15H,2-3,5-6,8,21H2,1H3. The quantitative estimate of drug-likeness (QED) is 0.703. The molecule has 144 valence electrons. The zero-order valence-corrected chi connectivity index (χ0v) is 17.8. The van der Waals surface area contributed by atoms with E-state index in [1.165, 1.54) is 11.3 Å². The van der Waals surface area contributed by atoms with Crippen LogP contribution in [0, 0.1) is 11.3 Å². The lowest BCUT2D eigenvalue weighted by Gasteiger charge is -2.37. The molecule has 2 aromatic rings. The highest BCUT2D eigenvalue weighted by molar-refractivity contribution is 8.01. The fourth-order valence-electron chi connectivity index (χ4n) is 3.59. The van der Waals surface area contributed by atoms with Gasteiger partial charge in [-0.2, -0.15) is 5.26 Å². The van der Waals surface area contributed by atoms with E-state index in [9.17, 15) is 10.1 Å². The maximum atomic E-state index is 12.9. The maximum absolute atomic E-state index is 12.9. The Labute approximate surface area is 175 Å². The van der Waals surface area contributed by atoms with Gasteiger partial charge in [0.05, 0.1) is 17.6 Å². The molecule has 0 aromatic carbocycles. The molecule has 1 aliphatic carbocycles. The van der Waals surface area contributed by atoms with Crippen molar-refractivity contribution in [2.75, 3.05) is 10.7 Å². The lowest BCUT2D eigenvalue weighted by molar-refractivity contribution is -0.116. The summed E-state index contributed by atoms with van der Waals surface area (Å²) in [5.74, 6) is 1.04. The number of carbonyl (C=O) groups excluding carboxylic acids is 1. The van der Waals surface area contributed by atoms with Crippen LogP contribution in [0.3, 0.4) is 0 Å². The second kappa shape index (κ2) is 8.07. The molecule has 6 nitrogen and oxygen atoms in total. The zero-order valence-electron chi connectivity index (χ0n) is 15.3. The van der Waals surface area contributed by atoms with Crippen LogP contribution in [0.4, 0.5) is 5.13 Å². The van der Waals surface area contributed by atoms with Gasteiger partial charge < -0.3 is 5.73 Å². The molecule has 0 amide bonds. The van der Waals surface area contributed by atoms with Gasteiger partial charge in [-0.15, -0.1) is 21.5 Å². The minimum Gasteiger partial charge on any atom is -0.384 e. The van der Waals surface area contributed by atoms with E-state index in [0.717, 1.165) is 39.9 Å². The molecular formula is C19H19N5OS3. The largest absolute Gasteiger partial charge is 0.384 e. The molecule has 0 fully saturated rings. The predicted octanol–water partition coefficient (Wildman–Crippen LogP) is 4.41. The first-order valence-electron chi connectivity index (χ1n) is 9.11. The van der Waals surface area contributed by atoms with Crippen molar-refractivity contribution < 1.29 is 4.79 Å². The van der Waals surface area contributed by atoms with Gasteiger partial charge in [0.1, 0.15) is 5.82 Å². The van der Waals surface area contributed by atoms with Crippen LogP contribution in [0.5, 0.6) is 0 Å². The van der Waals surface area contributed by atoms with Gasteiger partial charge in [-0.25, -0.2) is 0 Å². The van der Waals surface area contributed by atoms with E-state index in [4.69, 9.17) is 5.73 Å². The molecule has 1 unspecified atom stereocenters. The first-order valence-corrected chi connectivity index (χ1v) is 11.8. The lowest BCUT2D eigenvalue weighted by atomic mass is 9.78. The summed E-state index contributed by atoms with van der Waals surface area (Å²) >= 11 is 4.65. The van der Waals surface area contributed by atoms with Crippen molar-refractivity contribution in [1.29, 1.82) is 5.26 Å². The number of ketones is 1. The van der Waals surface area contributed by atoms with Crippen molar-refractivity contribution >= 4 is 45.4 Å². The number of nitrogens with zero attached hydrogens (tertiary/aromatic N) is 4. The average molecular weight is 430 g/mol. The number of nitriles is 1. The van der Waals surface area contributed by atoms with E-state index in [-0.39, 0.29) is 11.7 Å². The summed E-state index contributed by atoms with van der Waals surface area (Å²) in [7, 11) is 0. The normalized spacial score (nSPS) is 19.8. The number of thiophene rings is 1. The number of carbonyl (C=O) groups is 1. The summed E-state index contributed by atoms with van der Waals surface area (Å²) in [6.07, 6.45) is 3.06. The molecular weight excluding hydrogens is 410 g/mol. The van der Waals surface area contributed by atoms with E-state index >= 15 is 0 Å². The summed E-state index contributed by atoms with van der Waals surface area (Å²) in [5.41, 5.74) is 8.47. The second-order valence-electron chi connectivity index (χ2n) is 6.53. The molecule has 28 heavy (non-hydrogen) atoms. The van der Waals surface area contributed by atoms with Crippen LogP contribution < -0.4 is 10.6 Å². The molecule has 0 bridgehead atoms. The van der Waals surface area contributed by atoms with Crippen molar-refractivity contribution in [3.05, 3.63) is 45.1 Å². The number of thioether (sulfide) groups is 1. The summed E-state index contributed by atoms with van der Waals surface area (Å²) in [6.45, 7) is 2.12. The molecule has 0 saturated heterocycles. The van der Waals surface area contributed by atoms with Crippen LogP contribution in [0.2, 0.25) is 0 Å². The third-order valence-corrected chi connectivity index (χ3v) is 7.94. The summed E-state index contributed by atoms with van der Waals surface area (Å²) < 4.78 is 0.868. The summed E-state index contributed by atoms with van der Waals surface area (Å²) in [4.78, 5) is 15.7. The summed E-state index contributed by atoms with van der Waals surface area (Å²) in [5, 5.41) is 21.1. The maximum Gasteiger partial charge on any atom is 0.219 e. The third kappa shape index (κ3) is 3.26. The van der Waals surface area contributed by atoms with Gasteiger partial charge in [0, 0.05) is 28.3 Å². The second-order valence-corrected chi connectivity index (χ2v) is 9.81. The van der Waals surface area contributed by atoms with Crippen LogP contribution >= 0.6 is 34.4 Å². The third-order valence-electron chi connectivity index (χ3n) is 4.76. The van der Waals surface area contributed by atoms with Gasteiger partial charge in [-0.1, -0.05) is 36.1 Å². The first-order chi connectivity index (χ1) is 13.7. The molecule has 9 heteroatoms. The van der Waals surface area contributed by atoms with Crippen LogP contribution in [-0.4, -0.2) is 21.7 Å². The van der Waals surface area contributed by atoms with Crippen LogP contribution in [0.15, 0.2) is 44.5 Å². The minimum atomic E-state index is -0.383. The van der Waals surface area contributed by atoms with E-state index in [1.807, 2.05) is 17.5 Å². The van der Waals surface area contributed by atoms with Crippen molar-refractivity contribution in [2.24, 2.45) is 5.73 Å². The smallest absolute Gasteiger partial charge is 0.219 e. The Hall–Kier alpha value is -2.15. The number of aromatic nitrogens is 2. The van der Waals surface area contributed by atoms with Crippen molar-refractivity contribution in [1.82, 2.24) is 10.2 Å².